The van der Waals surface area contributed by atoms with Crippen molar-refractivity contribution in [1.29, 1.82) is 0 Å². The van der Waals surface area contributed by atoms with Gasteiger partial charge in [0.15, 0.2) is 0 Å². The lowest BCUT2D eigenvalue weighted by molar-refractivity contribution is 0.521. The highest BCUT2D eigenvalue weighted by atomic mass is 15.1. The molecule has 106 valence electrons. The van der Waals surface area contributed by atoms with Crippen LogP contribution in [0, 0.1) is 5.92 Å². The molecule has 0 radical (unpaired) electrons. The summed E-state index contributed by atoms with van der Waals surface area (Å²) in [6.45, 7) is 10.2. The molecule has 1 N–H and O–H groups in total. The third-order valence-electron chi connectivity index (χ3n) is 4.05. The fourth-order valence-electron chi connectivity index (χ4n) is 2.79. The molecular formula is C17H28N2. The van der Waals surface area contributed by atoms with Crippen molar-refractivity contribution in [3.8, 4) is 0 Å². The first-order chi connectivity index (χ1) is 9.16. The van der Waals surface area contributed by atoms with Gasteiger partial charge in [0.2, 0.25) is 0 Å². The van der Waals surface area contributed by atoms with Crippen LogP contribution in [0.4, 0.5) is 5.69 Å². The van der Waals surface area contributed by atoms with E-state index in [9.17, 15) is 0 Å². The van der Waals surface area contributed by atoms with E-state index in [2.05, 4.69) is 55.3 Å². The maximum absolute atomic E-state index is 3.54. The molecule has 1 unspecified atom stereocenters. The summed E-state index contributed by atoms with van der Waals surface area (Å²) in [6.07, 6.45) is 4.03. The summed E-state index contributed by atoms with van der Waals surface area (Å²) in [4.78, 5) is 2.58. The van der Waals surface area contributed by atoms with Crippen molar-refractivity contribution >= 4 is 5.69 Å². The van der Waals surface area contributed by atoms with Gasteiger partial charge in [0.1, 0.15) is 0 Å². The number of hydrogen-bond acceptors (Lipinski definition) is 2. The van der Waals surface area contributed by atoms with E-state index in [1.165, 1.54) is 43.6 Å². The molecule has 1 heterocycles. The molecule has 0 aliphatic carbocycles. The standard InChI is InChI=1S/C17H28N2/c1-14(2)18-13-16-8-4-5-9-17(16)19-11-6-7-15(3)10-12-19/h4-5,8-9,14-15,18H,6-7,10-13H2,1-3H3. The zero-order valence-electron chi connectivity index (χ0n) is 12.7. The summed E-state index contributed by atoms with van der Waals surface area (Å²) in [7, 11) is 0. The van der Waals surface area contributed by atoms with Crippen LogP contribution < -0.4 is 10.2 Å². The normalized spacial score (nSPS) is 20.6. The van der Waals surface area contributed by atoms with Gasteiger partial charge >= 0.3 is 0 Å². The van der Waals surface area contributed by atoms with Crippen LogP contribution in [0.1, 0.15) is 45.6 Å². The molecule has 0 saturated carbocycles. The van der Waals surface area contributed by atoms with E-state index in [-0.39, 0.29) is 0 Å². The molecular weight excluding hydrogens is 232 g/mol. The van der Waals surface area contributed by atoms with Gasteiger partial charge in [0.25, 0.3) is 0 Å². The fourth-order valence-corrected chi connectivity index (χ4v) is 2.79. The lowest BCUT2D eigenvalue weighted by Gasteiger charge is -2.26. The Kier molecular flexibility index (Phi) is 5.26. The second-order valence-electron chi connectivity index (χ2n) is 6.19. The van der Waals surface area contributed by atoms with Crippen LogP contribution >= 0.6 is 0 Å². The van der Waals surface area contributed by atoms with Crippen molar-refractivity contribution in [3.05, 3.63) is 29.8 Å². The zero-order valence-corrected chi connectivity index (χ0v) is 12.7. The van der Waals surface area contributed by atoms with Gasteiger partial charge in [-0.2, -0.15) is 0 Å². The molecule has 0 spiro atoms. The topological polar surface area (TPSA) is 15.3 Å². The summed E-state index contributed by atoms with van der Waals surface area (Å²) in [6, 6.07) is 9.41. The van der Waals surface area contributed by atoms with Gasteiger partial charge in [0, 0.05) is 31.4 Å². The quantitative estimate of drug-likeness (QED) is 0.885. The highest BCUT2D eigenvalue weighted by Gasteiger charge is 2.16. The van der Waals surface area contributed by atoms with Gasteiger partial charge < -0.3 is 10.2 Å². The maximum atomic E-state index is 3.54. The molecule has 1 aliphatic rings. The first kappa shape index (κ1) is 14.4. The van der Waals surface area contributed by atoms with Crippen LogP contribution in [0.3, 0.4) is 0 Å². The molecule has 19 heavy (non-hydrogen) atoms. The van der Waals surface area contributed by atoms with Crippen molar-refractivity contribution in [1.82, 2.24) is 5.32 Å². The Balaban J connectivity index is 2.09. The summed E-state index contributed by atoms with van der Waals surface area (Å²) < 4.78 is 0. The monoisotopic (exact) mass is 260 g/mol. The highest BCUT2D eigenvalue weighted by Crippen LogP contribution is 2.25. The first-order valence-corrected chi connectivity index (χ1v) is 7.73. The molecule has 0 bridgehead atoms. The number of anilines is 1. The number of nitrogens with one attached hydrogen (secondary N) is 1. The van der Waals surface area contributed by atoms with Crippen LogP contribution in [0.15, 0.2) is 24.3 Å². The minimum absolute atomic E-state index is 0.539. The summed E-state index contributed by atoms with van der Waals surface area (Å²) in [5.41, 5.74) is 2.87. The number of nitrogens with zero attached hydrogens (tertiary/aromatic N) is 1. The molecule has 2 rings (SSSR count). The van der Waals surface area contributed by atoms with Crippen LogP contribution in [0.5, 0.6) is 0 Å². The molecule has 0 amide bonds. The molecule has 1 aromatic rings. The predicted octanol–water partition coefficient (Wildman–Crippen LogP) is 3.81. The second kappa shape index (κ2) is 6.95. The molecule has 2 nitrogen and oxygen atoms in total. The molecule has 1 fully saturated rings. The number of rotatable bonds is 4. The fraction of sp³-hybridized carbons (Fsp3) is 0.647. The van der Waals surface area contributed by atoms with E-state index in [1.807, 2.05) is 0 Å². The average molecular weight is 260 g/mol. The highest BCUT2D eigenvalue weighted by molar-refractivity contribution is 5.53. The van der Waals surface area contributed by atoms with Gasteiger partial charge in [-0.05, 0) is 36.8 Å². The van der Waals surface area contributed by atoms with Gasteiger partial charge in [-0.1, -0.05) is 39.0 Å². The van der Waals surface area contributed by atoms with E-state index in [0.717, 1.165) is 12.5 Å². The average Bonchev–Trinajstić information content (AvgIpc) is 2.61. The zero-order chi connectivity index (χ0) is 13.7. The van der Waals surface area contributed by atoms with Crippen molar-refractivity contribution < 1.29 is 0 Å². The van der Waals surface area contributed by atoms with E-state index >= 15 is 0 Å². The van der Waals surface area contributed by atoms with Crippen LogP contribution in [-0.4, -0.2) is 19.1 Å². The summed E-state index contributed by atoms with van der Waals surface area (Å²) in [5.74, 6) is 0.881. The number of benzene rings is 1. The molecule has 1 atom stereocenters. The number of para-hydroxylation sites is 1. The van der Waals surface area contributed by atoms with E-state index < -0.39 is 0 Å². The SMILES string of the molecule is CC1CCCN(c2ccccc2CNC(C)C)CC1. The van der Waals surface area contributed by atoms with Crippen LogP contribution in [0.2, 0.25) is 0 Å². The Labute approximate surface area is 118 Å². The second-order valence-corrected chi connectivity index (χ2v) is 6.19. The van der Waals surface area contributed by atoms with Crippen molar-refractivity contribution in [3.63, 3.8) is 0 Å². The van der Waals surface area contributed by atoms with Crippen molar-refractivity contribution in [2.24, 2.45) is 5.92 Å². The van der Waals surface area contributed by atoms with Gasteiger partial charge in [0.05, 0.1) is 0 Å². The smallest absolute Gasteiger partial charge is 0.0411 e. The third-order valence-corrected chi connectivity index (χ3v) is 4.05. The minimum Gasteiger partial charge on any atom is -0.371 e. The lowest BCUT2D eigenvalue weighted by Crippen LogP contribution is -2.28. The Morgan fingerprint density at radius 3 is 2.79 bits per heavy atom. The lowest BCUT2D eigenvalue weighted by atomic mass is 10.0. The van der Waals surface area contributed by atoms with Crippen LogP contribution in [-0.2, 0) is 6.54 Å². The molecule has 1 aromatic carbocycles. The summed E-state index contributed by atoms with van der Waals surface area (Å²) in [5, 5.41) is 3.54. The molecule has 1 saturated heterocycles. The minimum atomic E-state index is 0.539. The Morgan fingerprint density at radius 1 is 1.21 bits per heavy atom. The van der Waals surface area contributed by atoms with Crippen molar-refractivity contribution in [2.45, 2.75) is 52.6 Å². The Morgan fingerprint density at radius 2 is 2.00 bits per heavy atom. The van der Waals surface area contributed by atoms with E-state index in [1.54, 1.807) is 0 Å². The van der Waals surface area contributed by atoms with E-state index in [4.69, 9.17) is 0 Å². The first-order valence-electron chi connectivity index (χ1n) is 7.73. The van der Waals surface area contributed by atoms with Crippen molar-refractivity contribution in [2.75, 3.05) is 18.0 Å². The predicted molar refractivity (Wildman–Crippen MR) is 83.6 cm³/mol. The molecule has 2 heteroatoms. The van der Waals surface area contributed by atoms with Gasteiger partial charge in [-0.15, -0.1) is 0 Å². The number of hydrogen-bond donors (Lipinski definition) is 1. The Hall–Kier alpha value is -1.02. The van der Waals surface area contributed by atoms with E-state index in [0.29, 0.717) is 6.04 Å². The maximum Gasteiger partial charge on any atom is 0.0411 e. The van der Waals surface area contributed by atoms with Gasteiger partial charge in [-0.3, -0.25) is 0 Å². The third kappa shape index (κ3) is 4.24. The largest absolute Gasteiger partial charge is 0.371 e. The molecule has 0 aromatic heterocycles. The van der Waals surface area contributed by atoms with Gasteiger partial charge in [-0.25, -0.2) is 0 Å². The Bertz CT molecular complexity index is 387. The molecule has 1 aliphatic heterocycles. The summed E-state index contributed by atoms with van der Waals surface area (Å²) >= 11 is 0. The van der Waals surface area contributed by atoms with Crippen LogP contribution in [0.25, 0.3) is 0 Å².